The van der Waals surface area contributed by atoms with Crippen LogP contribution in [0.1, 0.15) is 49.9 Å². The van der Waals surface area contributed by atoms with Crippen molar-refractivity contribution in [3.8, 4) is 5.75 Å². The van der Waals surface area contributed by atoms with Crippen LogP contribution < -0.4 is 15.4 Å². The summed E-state index contributed by atoms with van der Waals surface area (Å²) < 4.78 is 5.39. The van der Waals surface area contributed by atoms with E-state index in [9.17, 15) is 9.59 Å². The molecule has 2 rings (SSSR count). The summed E-state index contributed by atoms with van der Waals surface area (Å²) in [6.07, 6.45) is 0. The van der Waals surface area contributed by atoms with E-state index in [1.54, 1.807) is 13.2 Å². The van der Waals surface area contributed by atoms with E-state index in [1.807, 2.05) is 43.5 Å². The Morgan fingerprint density at radius 3 is 2.37 bits per heavy atom. The second-order valence-corrected chi connectivity index (χ2v) is 8.77. The molecule has 146 valence electrons. The van der Waals surface area contributed by atoms with Crippen LogP contribution in [0.2, 0.25) is 0 Å². The second kappa shape index (κ2) is 8.57. The second-order valence-electron chi connectivity index (χ2n) is 7.83. The van der Waals surface area contributed by atoms with Gasteiger partial charge in [-0.3, -0.25) is 9.59 Å². The third-order valence-corrected chi connectivity index (χ3v) is 5.17. The molecule has 2 N–H and O–H groups in total. The molecule has 1 heterocycles. The van der Waals surface area contributed by atoms with E-state index < -0.39 is 6.04 Å². The van der Waals surface area contributed by atoms with Crippen LogP contribution in [-0.2, 0) is 10.2 Å². The van der Waals surface area contributed by atoms with Gasteiger partial charge < -0.3 is 15.4 Å². The smallest absolute Gasteiger partial charge is 0.262 e. The maximum absolute atomic E-state index is 12.9. The SMILES string of the molecule is COc1ccc(C(C)(C)C)cc1NC(=O)[C@H](NC(=O)c1cccs1)C(C)C. The molecule has 2 aromatic rings. The Morgan fingerprint density at radius 2 is 1.85 bits per heavy atom. The summed E-state index contributed by atoms with van der Waals surface area (Å²) in [6, 6.07) is 8.67. The van der Waals surface area contributed by atoms with Gasteiger partial charge in [0.1, 0.15) is 11.8 Å². The molecule has 0 bridgehead atoms. The highest BCUT2D eigenvalue weighted by atomic mass is 32.1. The number of amides is 2. The highest BCUT2D eigenvalue weighted by Gasteiger charge is 2.26. The fourth-order valence-electron chi connectivity index (χ4n) is 2.64. The Labute approximate surface area is 165 Å². The number of anilines is 1. The van der Waals surface area contributed by atoms with Gasteiger partial charge in [-0.25, -0.2) is 0 Å². The Balaban J connectivity index is 2.23. The number of benzene rings is 1. The highest BCUT2D eigenvalue weighted by molar-refractivity contribution is 7.12. The number of rotatable bonds is 6. The summed E-state index contributed by atoms with van der Waals surface area (Å²) in [6.45, 7) is 10.1. The van der Waals surface area contributed by atoms with Crippen molar-refractivity contribution in [3.05, 3.63) is 46.2 Å². The first-order valence-corrected chi connectivity index (χ1v) is 9.85. The van der Waals surface area contributed by atoms with Crippen molar-refractivity contribution in [2.45, 2.75) is 46.1 Å². The number of hydrogen-bond acceptors (Lipinski definition) is 4. The molecule has 0 spiro atoms. The van der Waals surface area contributed by atoms with Gasteiger partial charge in [-0.2, -0.15) is 0 Å². The van der Waals surface area contributed by atoms with Gasteiger partial charge in [0, 0.05) is 0 Å². The van der Waals surface area contributed by atoms with Gasteiger partial charge >= 0.3 is 0 Å². The molecule has 1 atom stereocenters. The summed E-state index contributed by atoms with van der Waals surface area (Å²) in [4.78, 5) is 25.9. The number of ether oxygens (including phenoxy) is 1. The molecule has 0 radical (unpaired) electrons. The van der Waals surface area contributed by atoms with E-state index in [4.69, 9.17) is 4.74 Å². The van der Waals surface area contributed by atoms with Gasteiger partial charge in [-0.05, 0) is 40.5 Å². The number of methoxy groups -OCH3 is 1. The molecular formula is C21H28N2O3S. The number of carbonyl (C=O) groups excluding carboxylic acids is 2. The predicted octanol–water partition coefficient (Wildman–Crippen LogP) is 4.45. The molecule has 0 saturated carbocycles. The van der Waals surface area contributed by atoms with Crippen molar-refractivity contribution in [3.63, 3.8) is 0 Å². The Hall–Kier alpha value is -2.34. The van der Waals surface area contributed by atoms with Crippen LogP contribution in [-0.4, -0.2) is 25.0 Å². The van der Waals surface area contributed by atoms with Crippen molar-refractivity contribution < 1.29 is 14.3 Å². The lowest BCUT2D eigenvalue weighted by molar-refractivity contribution is -0.118. The van der Waals surface area contributed by atoms with Crippen molar-refractivity contribution in [1.29, 1.82) is 0 Å². The summed E-state index contributed by atoms with van der Waals surface area (Å²) in [5.41, 5.74) is 1.63. The van der Waals surface area contributed by atoms with Crippen LogP contribution >= 0.6 is 11.3 Å². The standard InChI is InChI=1S/C21H28N2O3S/c1-13(2)18(23-19(24)17-8-7-11-27-17)20(25)22-15-12-14(21(3,4)5)9-10-16(15)26-6/h7-13,18H,1-6H3,(H,22,25)(H,23,24)/t18-/m1/s1. The minimum absolute atomic E-state index is 0.0589. The van der Waals surface area contributed by atoms with Gasteiger partial charge in [-0.1, -0.05) is 46.8 Å². The largest absolute Gasteiger partial charge is 0.495 e. The van der Waals surface area contributed by atoms with Crippen LogP contribution in [0.4, 0.5) is 5.69 Å². The lowest BCUT2D eigenvalue weighted by Gasteiger charge is -2.24. The Kier molecular flexibility index (Phi) is 6.65. The molecule has 1 aromatic heterocycles. The van der Waals surface area contributed by atoms with Gasteiger partial charge in [-0.15, -0.1) is 11.3 Å². The Bertz CT molecular complexity index is 792. The molecule has 27 heavy (non-hydrogen) atoms. The van der Waals surface area contributed by atoms with Gasteiger partial charge in [0.15, 0.2) is 0 Å². The zero-order valence-corrected chi connectivity index (χ0v) is 17.6. The van der Waals surface area contributed by atoms with Gasteiger partial charge in [0.05, 0.1) is 17.7 Å². The maximum Gasteiger partial charge on any atom is 0.262 e. The summed E-state index contributed by atoms with van der Waals surface area (Å²) in [5, 5.41) is 7.61. The highest BCUT2D eigenvalue weighted by Crippen LogP contribution is 2.31. The quantitative estimate of drug-likeness (QED) is 0.768. The fourth-order valence-corrected chi connectivity index (χ4v) is 3.26. The molecule has 0 aliphatic rings. The first kappa shape index (κ1) is 21.0. The van der Waals surface area contributed by atoms with Crippen LogP contribution in [0.15, 0.2) is 35.7 Å². The predicted molar refractivity (Wildman–Crippen MR) is 111 cm³/mol. The molecule has 0 fully saturated rings. The molecular weight excluding hydrogens is 360 g/mol. The molecule has 0 aliphatic heterocycles. The zero-order chi connectivity index (χ0) is 20.2. The summed E-state index contributed by atoms with van der Waals surface area (Å²) in [5.74, 6) is 0.0164. The fraction of sp³-hybridized carbons (Fsp3) is 0.429. The van der Waals surface area contributed by atoms with E-state index in [0.717, 1.165) is 5.56 Å². The van der Waals surface area contributed by atoms with E-state index in [1.165, 1.54) is 11.3 Å². The van der Waals surface area contributed by atoms with Crippen molar-refractivity contribution in [1.82, 2.24) is 5.32 Å². The first-order chi connectivity index (χ1) is 12.6. The van der Waals surface area contributed by atoms with Gasteiger partial charge in [0.25, 0.3) is 5.91 Å². The normalized spacial score (nSPS) is 12.6. The molecule has 5 nitrogen and oxygen atoms in total. The van der Waals surface area contributed by atoms with E-state index >= 15 is 0 Å². The summed E-state index contributed by atoms with van der Waals surface area (Å²) >= 11 is 1.35. The monoisotopic (exact) mass is 388 g/mol. The minimum Gasteiger partial charge on any atom is -0.495 e. The topological polar surface area (TPSA) is 67.4 Å². The minimum atomic E-state index is -0.650. The van der Waals surface area contributed by atoms with E-state index in [-0.39, 0.29) is 23.1 Å². The van der Waals surface area contributed by atoms with E-state index in [2.05, 4.69) is 31.4 Å². The molecule has 0 aliphatic carbocycles. The van der Waals surface area contributed by atoms with Crippen LogP contribution in [0, 0.1) is 5.92 Å². The maximum atomic E-state index is 12.9. The molecule has 2 amide bonds. The van der Waals surface area contributed by atoms with E-state index in [0.29, 0.717) is 16.3 Å². The lowest BCUT2D eigenvalue weighted by Crippen LogP contribution is -2.47. The Morgan fingerprint density at radius 1 is 1.15 bits per heavy atom. The van der Waals surface area contributed by atoms with Crippen LogP contribution in [0.25, 0.3) is 0 Å². The molecule has 0 unspecified atom stereocenters. The van der Waals surface area contributed by atoms with Crippen molar-refractivity contribution in [2.24, 2.45) is 5.92 Å². The number of hydrogen-bond donors (Lipinski definition) is 2. The zero-order valence-electron chi connectivity index (χ0n) is 16.8. The third kappa shape index (κ3) is 5.32. The van der Waals surface area contributed by atoms with Crippen molar-refractivity contribution in [2.75, 3.05) is 12.4 Å². The first-order valence-electron chi connectivity index (χ1n) is 8.97. The van der Waals surface area contributed by atoms with Crippen LogP contribution in [0.5, 0.6) is 5.75 Å². The average molecular weight is 389 g/mol. The third-order valence-electron chi connectivity index (χ3n) is 4.30. The van der Waals surface area contributed by atoms with Gasteiger partial charge in [0.2, 0.25) is 5.91 Å². The number of carbonyl (C=O) groups is 2. The van der Waals surface area contributed by atoms with Crippen molar-refractivity contribution >= 4 is 28.8 Å². The summed E-state index contributed by atoms with van der Waals surface area (Å²) in [7, 11) is 1.57. The number of thiophene rings is 1. The number of nitrogens with one attached hydrogen (secondary N) is 2. The average Bonchev–Trinajstić information content (AvgIpc) is 3.12. The lowest BCUT2D eigenvalue weighted by atomic mass is 9.86. The molecule has 6 heteroatoms. The molecule has 0 saturated heterocycles. The molecule has 1 aromatic carbocycles. The van der Waals surface area contributed by atoms with Crippen LogP contribution in [0.3, 0.4) is 0 Å².